The topological polar surface area (TPSA) is 55.1 Å². The molecule has 0 atom stereocenters. The molecule has 2 saturated carbocycles. The van der Waals surface area contributed by atoms with Gasteiger partial charge in [-0.15, -0.1) is 12.4 Å². The SMILES string of the molecule is Cl.NCC1(CC(=O)NC2(c3ccccc3F)CC2)CCCCC1. The molecule has 128 valence electrons. The number of nitrogens with two attached hydrogens (primary N) is 1. The van der Waals surface area contributed by atoms with Gasteiger partial charge in [-0.25, -0.2) is 4.39 Å². The second-order valence-corrected chi connectivity index (χ2v) is 7.05. The number of amides is 1. The van der Waals surface area contributed by atoms with Gasteiger partial charge in [0, 0.05) is 12.0 Å². The molecule has 0 unspecified atom stereocenters. The van der Waals surface area contributed by atoms with Crippen molar-refractivity contribution in [2.24, 2.45) is 11.1 Å². The molecular formula is C18H26ClFN2O. The third-order valence-electron chi connectivity index (χ3n) is 5.40. The summed E-state index contributed by atoms with van der Waals surface area (Å²) in [6.45, 7) is 0.563. The molecule has 0 heterocycles. The maximum atomic E-state index is 14.0. The van der Waals surface area contributed by atoms with Crippen LogP contribution >= 0.6 is 12.4 Å². The summed E-state index contributed by atoms with van der Waals surface area (Å²) < 4.78 is 14.0. The quantitative estimate of drug-likeness (QED) is 0.859. The van der Waals surface area contributed by atoms with Gasteiger partial charge in [0.15, 0.2) is 0 Å². The minimum atomic E-state index is -0.479. The summed E-state index contributed by atoms with van der Waals surface area (Å²) in [5, 5.41) is 3.10. The molecular weight excluding hydrogens is 315 g/mol. The van der Waals surface area contributed by atoms with Crippen LogP contribution in [0.5, 0.6) is 0 Å². The van der Waals surface area contributed by atoms with Crippen molar-refractivity contribution < 1.29 is 9.18 Å². The van der Waals surface area contributed by atoms with Crippen LogP contribution in [0.2, 0.25) is 0 Å². The molecule has 3 rings (SSSR count). The van der Waals surface area contributed by atoms with Crippen molar-refractivity contribution in [2.45, 2.75) is 56.9 Å². The summed E-state index contributed by atoms with van der Waals surface area (Å²) in [4.78, 5) is 12.5. The minimum Gasteiger partial charge on any atom is -0.346 e. The largest absolute Gasteiger partial charge is 0.346 e. The maximum absolute atomic E-state index is 14.0. The number of nitrogens with one attached hydrogen (secondary N) is 1. The number of hydrogen-bond acceptors (Lipinski definition) is 2. The highest BCUT2D eigenvalue weighted by Gasteiger charge is 2.48. The van der Waals surface area contributed by atoms with Crippen molar-refractivity contribution in [3.63, 3.8) is 0 Å². The number of carbonyl (C=O) groups is 1. The molecule has 0 aliphatic heterocycles. The first-order valence-electron chi connectivity index (χ1n) is 8.35. The van der Waals surface area contributed by atoms with E-state index in [0.29, 0.717) is 18.5 Å². The fourth-order valence-corrected chi connectivity index (χ4v) is 3.84. The Morgan fingerprint density at radius 2 is 1.78 bits per heavy atom. The Kier molecular flexibility index (Phi) is 5.69. The van der Waals surface area contributed by atoms with Crippen LogP contribution in [0.3, 0.4) is 0 Å². The van der Waals surface area contributed by atoms with E-state index < -0.39 is 5.54 Å². The molecule has 2 aliphatic carbocycles. The molecule has 2 fully saturated rings. The van der Waals surface area contributed by atoms with Gasteiger partial charge in [-0.3, -0.25) is 4.79 Å². The predicted molar refractivity (Wildman–Crippen MR) is 91.9 cm³/mol. The van der Waals surface area contributed by atoms with Crippen molar-refractivity contribution in [1.29, 1.82) is 0 Å². The summed E-state index contributed by atoms with van der Waals surface area (Å²) in [7, 11) is 0. The lowest BCUT2D eigenvalue weighted by Gasteiger charge is -2.36. The van der Waals surface area contributed by atoms with Gasteiger partial charge in [-0.2, -0.15) is 0 Å². The van der Waals surface area contributed by atoms with Gasteiger partial charge in [-0.1, -0.05) is 37.5 Å². The second-order valence-electron chi connectivity index (χ2n) is 7.05. The number of carbonyl (C=O) groups excluding carboxylic acids is 1. The van der Waals surface area contributed by atoms with E-state index in [2.05, 4.69) is 5.32 Å². The van der Waals surface area contributed by atoms with Crippen molar-refractivity contribution in [1.82, 2.24) is 5.32 Å². The molecule has 0 saturated heterocycles. The average Bonchev–Trinajstić information content (AvgIpc) is 3.29. The van der Waals surface area contributed by atoms with E-state index >= 15 is 0 Å². The lowest BCUT2D eigenvalue weighted by molar-refractivity contribution is -0.125. The van der Waals surface area contributed by atoms with E-state index in [1.807, 2.05) is 6.07 Å². The highest BCUT2D eigenvalue weighted by Crippen LogP contribution is 2.47. The average molecular weight is 341 g/mol. The monoisotopic (exact) mass is 340 g/mol. The van der Waals surface area contributed by atoms with Crippen LogP contribution < -0.4 is 11.1 Å². The molecule has 0 bridgehead atoms. The summed E-state index contributed by atoms with van der Waals surface area (Å²) in [5.41, 5.74) is 6.05. The fourth-order valence-electron chi connectivity index (χ4n) is 3.84. The Hall–Kier alpha value is -1.13. The summed E-state index contributed by atoms with van der Waals surface area (Å²) in [6.07, 6.45) is 7.71. The van der Waals surface area contributed by atoms with E-state index in [4.69, 9.17) is 5.73 Å². The van der Waals surface area contributed by atoms with Gasteiger partial charge < -0.3 is 11.1 Å². The van der Waals surface area contributed by atoms with Gasteiger partial charge in [0.1, 0.15) is 5.82 Å². The lowest BCUT2D eigenvalue weighted by atomic mass is 9.71. The van der Waals surface area contributed by atoms with Crippen LogP contribution in [-0.2, 0) is 10.3 Å². The third-order valence-corrected chi connectivity index (χ3v) is 5.40. The van der Waals surface area contributed by atoms with Crippen LogP contribution in [0.4, 0.5) is 4.39 Å². The van der Waals surface area contributed by atoms with Crippen LogP contribution in [0.25, 0.3) is 0 Å². The van der Waals surface area contributed by atoms with Crippen molar-refractivity contribution >= 4 is 18.3 Å². The minimum absolute atomic E-state index is 0. The first-order chi connectivity index (χ1) is 10.6. The Morgan fingerprint density at radius 1 is 1.13 bits per heavy atom. The molecule has 3 N–H and O–H groups in total. The van der Waals surface area contributed by atoms with Crippen molar-refractivity contribution in [3.8, 4) is 0 Å². The summed E-state index contributed by atoms with van der Waals surface area (Å²) >= 11 is 0. The molecule has 0 aromatic heterocycles. The molecule has 1 aromatic rings. The van der Waals surface area contributed by atoms with Gasteiger partial charge in [-0.05, 0) is 43.7 Å². The zero-order valence-corrected chi connectivity index (χ0v) is 14.3. The van der Waals surface area contributed by atoms with Gasteiger partial charge >= 0.3 is 0 Å². The molecule has 1 amide bonds. The fraction of sp³-hybridized carbons (Fsp3) is 0.611. The molecule has 2 aliphatic rings. The normalized spacial score (nSPS) is 21.1. The van der Waals surface area contributed by atoms with Crippen LogP contribution in [-0.4, -0.2) is 12.5 Å². The zero-order valence-electron chi connectivity index (χ0n) is 13.4. The summed E-state index contributed by atoms with van der Waals surface area (Å²) in [6, 6.07) is 6.75. The van der Waals surface area contributed by atoms with E-state index in [0.717, 1.165) is 38.5 Å². The number of rotatable bonds is 5. The molecule has 1 aromatic carbocycles. The Bertz CT molecular complexity index is 554. The molecule has 3 nitrogen and oxygen atoms in total. The standard InChI is InChI=1S/C18H25FN2O.ClH/c19-15-7-3-2-6-14(15)18(10-11-18)21-16(22)12-17(13-20)8-4-1-5-9-17;/h2-3,6-7H,1,4-5,8-13,20H2,(H,21,22);1H. The van der Waals surface area contributed by atoms with Gasteiger partial charge in [0.05, 0.1) is 5.54 Å². The van der Waals surface area contributed by atoms with Gasteiger partial charge in [0.25, 0.3) is 0 Å². The van der Waals surface area contributed by atoms with Crippen LogP contribution in [0.1, 0.15) is 56.9 Å². The van der Waals surface area contributed by atoms with Crippen molar-refractivity contribution in [3.05, 3.63) is 35.6 Å². The number of hydrogen-bond donors (Lipinski definition) is 2. The molecule has 5 heteroatoms. The van der Waals surface area contributed by atoms with E-state index in [1.54, 1.807) is 12.1 Å². The molecule has 0 radical (unpaired) electrons. The first kappa shape index (κ1) is 18.2. The Labute approximate surface area is 143 Å². The Balaban J connectivity index is 0.00000192. The molecule has 23 heavy (non-hydrogen) atoms. The Morgan fingerprint density at radius 3 is 2.35 bits per heavy atom. The maximum Gasteiger partial charge on any atom is 0.221 e. The highest BCUT2D eigenvalue weighted by molar-refractivity contribution is 5.85. The van der Waals surface area contributed by atoms with Crippen LogP contribution in [0.15, 0.2) is 24.3 Å². The number of benzene rings is 1. The second kappa shape index (κ2) is 7.18. The van der Waals surface area contributed by atoms with Crippen LogP contribution in [0, 0.1) is 11.2 Å². The smallest absolute Gasteiger partial charge is 0.221 e. The van der Waals surface area contributed by atoms with Gasteiger partial charge in [0.2, 0.25) is 5.91 Å². The predicted octanol–water partition coefficient (Wildman–Crippen LogP) is 3.65. The lowest BCUT2D eigenvalue weighted by Crippen LogP contribution is -2.42. The van der Waals surface area contributed by atoms with E-state index in [9.17, 15) is 9.18 Å². The van der Waals surface area contributed by atoms with E-state index in [1.165, 1.54) is 12.5 Å². The zero-order chi connectivity index (χ0) is 15.6. The number of halogens is 2. The summed E-state index contributed by atoms with van der Waals surface area (Å²) in [5.74, 6) is -0.209. The van der Waals surface area contributed by atoms with Crippen molar-refractivity contribution in [2.75, 3.05) is 6.54 Å². The van der Waals surface area contributed by atoms with E-state index in [-0.39, 0.29) is 29.5 Å². The third kappa shape index (κ3) is 3.86. The molecule has 0 spiro atoms. The first-order valence-corrected chi connectivity index (χ1v) is 8.35. The highest BCUT2D eigenvalue weighted by atomic mass is 35.5.